The third kappa shape index (κ3) is 5.28. The van der Waals surface area contributed by atoms with Crippen LogP contribution in [0.2, 0.25) is 0 Å². The van der Waals surface area contributed by atoms with E-state index in [1.807, 2.05) is 19.2 Å². The summed E-state index contributed by atoms with van der Waals surface area (Å²) in [7, 11) is 1.98. The summed E-state index contributed by atoms with van der Waals surface area (Å²) in [5.41, 5.74) is 0. The van der Waals surface area contributed by atoms with Gasteiger partial charge in [-0.1, -0.05) is 15.9 Å². The molecule has 0 heterocycles. The Balaban J connectivity index is 2.47. The number of halogens is 3. The maximum atomic E-state index is 5.78. The van der Waals surface area contributed by atoms with Crippen molar-refractivity contribution in [3.05, 3.63) is 25.6 Å². The second-order valence-electron chi connectivity index (χ2n) is 3.88. The Bertz CT molecular complexity index is 348. The van der Waals surface area contributed by atoms with E-state index in [0.29, 0.717) is 6.04 Å². The molecule has 0 saturated heterocycles. The molecule has 0 radical (unpaired) electrons. The molecule has 2 nitrogen and oxygen atoms in total. The summed E-state index contributed by atoms with van der Waals surface area (Å²) in [5, 5.41) is 3.21. The minimum atomic E-state index is 0.537. The second kappa shape index (κ2) is 7.77. The van der Waals surface area contributed by atoms with Gasteiger partial charge in [0.1, 0.15) is 5.75 Å². The predicted octanol–water partition coefficient (Wildman–Crippen LogP) is 4.74. The average molecular weight is 430 g/mol. The standard InChI is InChI=1S/C12H16Br3NO/c1-8(16-2)4-3-5-17-12-10(14)6-9(13)7-11(12)15/h6-8,16H,3-5H2,1-2H3. The number of hydrogen-bond donors (Lipinski definition) is 1. The Morgan fingerprint density at radius 2 is 1.82 bits per heavy atom. The van der Waals surface area contributed by atoms with Gasteiger partial charge in [-0.25, -0.2) is 0 Å². The van der Waals surface area contributed by atoms with Crippen LogP contribution in [0.15, 0.2) is 25.6 Å². The zero-order valence-corrected chi connectivity index (χ0v) is 14.7. The molecular formula is C12H16Br3NO. The van der Waals surface area contributed by atoms with E-state index in [2.05, 4.69) is 60.0 Å². The van der Waals surface area contributed by atoms with Gasteiger partial charge in [0.05, 0.1) is 15.6 Å². The summed E-state index contributed by atoms with van der Waals surface area (Å²) in [5.74, 6) is 0.866. The van der Waals surface area contributed by atoms with Crippen LogP contribution in [0.4, 0.5) is 0 Å². The van der Waals surface area contributed by atoms with Crippen molar-refractivity contribution in [3.63, 3.8) is 0 Å². The van der Waals surface area contributed by atoms with Gasteiger partial charge >= 0.3 is 0 Å². The van der Waals surface area contributed by atoms with Gasteiger partial charge in [0.15, 0.2) is 0 Å². The van der Waals surface area contributed by atoms with Gasteiger partial charge in [-0.05, 0) is 70.8 Å². The van der Waals surface area contributed by atoms with Crippen LogP contribution in [-0.2, 0) is 0 Å². The first-order valence-electron chi connectivity index (χ1n) is 5.49. The molecule has 0 aromatic heterocycles. The van der Waals surface area contributed by atoms with Crippen molar-refractivity contribution < 1.29 is 4.74 Å². The normalized spacial score (nSPS) is 12.5. The van der Waals surface area contributed by atoms with Crippen LogP contribution in [0.5, 0.6) is 5.75 Å². The molecule has 0 bridgehead atoms. The lowest BCUT2D eigenvalue weighted by Gasteiger charge is -2.13. The van der Waals surface area contributed by atoms with Gasteiger partial charge in [0.25, 0.3) is 0 Å². The summed E-state index contributed by atoms with van der Waals surface area (Å²) >= 11 is 10.4. The molecule has 1 N–H and O–H groups in total. The van der Waals surface area contributed by atoms with Crippen LogP contribution >= 0.6 is 47.8 Å². The Labute approximate surface area is 128 Å². The lowest BCUT2D eigenvalue weighted by atomic mass is 10.2. The molecule has 1 unspecified atom stereocenters. The molecular weight excluding hydrogens is 414 g/mol. The number of hydrogen-bond acceptors (Lipinski definition) is 2. The van der Waals surface area contributed by atoms with E-state index < -0.39 is 0 Å². The first-order valence-corrected chi connectivity index (χ1v) is 7.87. The van der Waals surface area contributed by atoms with E-state index in [9.17, 15) is 0 Å². The Kier molecular flexibility index (Phi) is 7.07. The Hall–Kier alpha value is 0.420. The van der Waals surface area contributed by atoms with Gasteiger partial charge in [0.2, 0.25) is 0 Å². The molecule has 0 spiro atoms. The number of rotatable bonds is 6. The number of benzene rings is 1. The van der Waals surface area contributed by atoms with Crippen LogP contribution in [0.1, 0.15) is 19.8 Å². The highest BCUT2D eigenvalue weighted by molar-refractivity contribution is 9.11. The van der Waals surface area contributed by atoms with Gasteiger partial charge in [-0.15, -0.1) is 0 Å². The third-order valence-corrected chi connectivity index (χ3v) is 4.12. The average Bonchev–Trinajstić information content (AvgIpc) is 2.26. The van der Waals surface area contributed by atoms with Crippen molar-refractivity contribution in [2.24, 2.45) is 0 Å². The van der Waals surface area contributed by atoms with E-state index >= 15 is 0 Å². The molecule has 5 heteroatoms. The zero-order valence-electron chi connectivity index (χ0n) is 9.90. The lowest BCUT2D eigenvalue weighted by Crippen LogP contribution is -2.21. The zero-order chi connectivity index (χ0) is 12.8. The topological polar surface area (TPSA) is 21.3 Å². The third-order valence-electron chi connectivity index (χ3n) is 2.48. The SMILES string of the molecule is CNC(C)CCCOc1c(Br)cc(Br)cc1Br. The van der Waals surface area contributed by atoms with Crippen LogP contribution in [0, 0.1) is 0 Å². The molecule has 1 rings (SSSR count). The highest BCUT2D eigenvalue weighted by atomic mass is 79.9. The summed E-state index contributed by atoms with van der Waals surface area (Å²) < 4.78 is 8.71. The Morgan fingerprint density at radius 1 is 1.24 bits per heavy atom. The van der Waals surface area contributed by atoms with E-state index in [-0.39, 0.29) is 0 Å². The molecule has 0 aliphatic rings. The summed E-state index contributed by atoms with van der Waals surface area (Å²) in [4.78, 5) is 0. The molecule has 1 aromatic carbocycles. The largest absolute Gasteiger partial charge is 0.491 e. The van der Waals surface area contributed by atoms with Gasteiger partial charge in [0, 0.05) is 10.5 Å². The molecule has 17 heavy (non-hydrogen) atoms. The fourth-order valence-corrected chi connectivity index (χ4v) is 3.86. The van der Waals surface area contributed by atoms with E-state index in [4.69, 9.17) is 4.74 Å². The molecule has 0 saturated carbocycles. The predicted molar refractivity (Wildman–Crippen MR) is 82.8 cm³/mol. The van der Waals surface area contributed by atoms with Gasteiger partial charge in [-0.2, -0.15) is 0 Å². The monoisotopic (exact) mass is 427 g/mol. The Morgan fingerprint density at radius 3 is 2.35 bits per heavy atom. The van der Waals surface area contributed by atoms with Crippen LogP contribution < -0.4 is 10.1 Å². The molecule has 0 fully saturated rings. The van der Waals surface area contributed by atoms with Crippen molar-refractivity contribution in [3.8, 4) is 5.75 Å². The van der Waals surface area contributed by atoms with E-state index in [0.717, 1.165) is 38.6 Å². The van der Waals surface area contributed by atoms with Gasteiger partial charge in [-0.3, -0.25) is 0 Å². The molecule has 1 atom stereocenters. The summed E-state index contributed by atoms with van der Waals surface area (Å²) in [6, 6.07) is 4.50. The van der Waals surface area contributed by atoms with Crippen molar-refractivity contribution in [2.75, 3.05) is 13.7 Å². The molecule has 96 valence electrons. The summed E-state index contributed by atoms with van der Waals surface area (Å²) in [6.45, 7) is 2.90. The van der Waals surface area contributed by atoms with Crippen LogP contribution in [-0.4, -0.2) is 19.7 Å². The lowest BCUT2D eigenvalue weighted by molar-refractivity contribution is 0.296. The maximum absolute atomic E-state index is 5.78. The molecule has 1 aromatic rings. The molecule has 0 aliphatic heterocycles. The van der Waals surface area contributed by atoms with Crippen molar-refractivity contribution in [1.29, 1.82) is 0 Å². The summed E-state index contributed by atoms with van der Waals surface area (Å²) in [6.07, 6.45) is 2.15. The first-order chi connectivity index (χ1) is 8.04. The minimum absolute atomic E-state index is 0.537. The van der Waals surface area contributed by atoms with E-state index in [1.54, 1.807) is 0 Å². The maximum Gasteiger partial charge on any atom is 0.147 e. The van der Waals surface area contributed by atoms with Gasteiger partial charge < -0.3 is 10.1 Å². The fourth-order valence-electron chi connectivity index (χ4n) is 1.37. The second-order valence-corrected chi connectivity index (χ2v) is 6.50. The molecule has 0 aliphatic carbocycles. The molecule has 0 amide bonds. The van der Waals surface area contributed by atoms with E-state index in [1.165, 1.54) is 0 Å². The van der Waals surface area contributed by atoms with Crippen molar-refractivity contribution in [1.82, 2.24) is 5.32 Å². The highest BCUT2D eigenvalue weighted by Gasteiger charge is 2.08. The quantitative estimate of drug-likeness (QED) is 0.659. The highest BCUT2D eigenvalue weighted by Crippen LogP contribution is 2.36. The fraction of sp³-hybridized carbons (Fsp3) is 0.500. The minimum Gasteiger partial charge on any atom is -0.491 e. The number of ether oxygens (including phenoxy) is 1. The smallest absolute Gasteiger partial charge is 0.147 e. The van der Waals surface area contributed by atoms with Crippen LogP contribution in [0.25, 0.3) is 0 Å². The first kappa shape index (κ1) is 15.5. The van der Waals surface area contributed by atoms with Crippen molar-refractivity contribution in [2.45, 2.75) is 25.8 Å². The van der Waals surface area contributed by atoms with Crippen LogP contribution in [0.3, 0.4) is 0 Å². The number of nitrogens with one attached hydrogen (secondary N) is 1. The van der Waals surface area contributed by atoms with Crippen molar-refractivity contribution >= 4 is 47.8 Å².